The number of aromatic carboxylic acids is 1. The van der Waals surface area contributed by atoms with Gasteiger partial charge in [0.15, 0.2) is 0 Å². The van der Waals surface area contributed by atoms with E-state index in [0.29, 0.717) is 16.9 Å². The van der Waals surface area contributed by atoms with Crippen molar-refractivity contribution in [3.05, 3.63) is 59.0 Å². The third-order valence-electron chi connectivity index (χ3n) is 2.79. The van der Waals surface area contributed by atoms with Crippen molar-refractivity contribution in [2.45, 2.75) is 0 Å². The molecule has 0 saturated carbocycles. The summed E-state index contributed by atoms with van der Waals surface area (Å²) in [5.41, 5.74) is 1.45. The molecule has 0 amide bonds. The third kappa shape index (κ3) is 2.01. The molecule has 0 unspecified atom stereocenters. The number of aromatic nitrogens is 3. The number of carboxylic acid groups (broad SMARTS) is 1. The second-order valence-corrected chi connectivity index (χ2v) is 4.07. The second kappa shape index (κ2) is 4.54. The number of H-pyrrole nitrogens is 1. The molecule has 7 heteroatoms. The van der Waals surface area contributed by atoms with E-state index in [4.69, 9.17) is 9.63 Å². The van der Waals surface area contributed by atoms with Crippen molar-refractivity contribution in [3.8, 4) is 16.9 Å². The van der Waals surface area contributed by atoms with Gasteiger partial charge in [-0.3, -0.25) is 4.57 Å². The van der Waals surface area contributed by atoms with Crippen molar-refractivity contribution in [2.75, 3.05) is 0 Å². The van der Waals surface area contributed by atoms with Crippen LogP contribution in [0, 0.1) is 0 Å². The average Bonchev–Trinajstić information content (AvgIpc) is 3.07. The molecule has 0 saturated heterocycles. The Morgan fingerprint density at radius 3 is 2.85 bits per heavy atom. The molecule has 0 aliphatic heterocycles. The molecule has 0 spiro atoms. The summed E-state index contributed by atoms with van der Waals surface area (Å²) in [5.74, 6) is -1.41. The maximum Gasteiger partial charge on any atom is 0.374 e. The first-order valence-corrected chi connectivity index (χ1v) is 5.72. The molecular formula is C13H9N3O4. The summed E-state index contributed by atoms with van der Waals surface area (Å²) in [7, 11) is 0. The van der Waals surface area contributed by atoms with Gasteiger partial charge < -0.3 is 14.6 Å². The lowest BCUT2D eigenvalue weighted by Gasteiger charge is -2.02. The summed E-state index contributed by atoms with van der Waals surface area (Å²) >= 11 is 0. The highest BCUT2D eigenvalue weighted by Crippen LogP contribution is 2.21. The molecule has 20 heavy (non-hydrogen) atoms. The Morgan fingerprint density at radius 1 is 1.35 bits per heavy atom. The molecule has 100 valence electrons. The number of carbonyl (C=O) groups is 1. The van der Waals surface area contributed by atoms with Gasteiger partial charge in [0.05, 0.1) is 5.69 Å². The zero-order valence-corrected chi connectivity index (χ0v) is 10.1. The summed E-state index contributed by atoms with van der Waals surface area (Å²) in [6.07, 6.45) is 3.14. The number of rotatable bonds is 3. The SMILES string of the molecule is O=C(O)c1cc(-c2cccc(-n3cc[nH]c3=O)c2)no1. The van der Waals surface area contributed by atoms with Crippen LogP contribution in [0.3, 0.4) is 0 Å². The van der Waals surface area contributed by atoms with Gasteiger partial charge in [0.1, 0.15) is 5.69 Å². The molecule has 3 aromatic rings. The molecule has 7 nitrogen and oxygen atoms in total. The van der Waals surface area contributed by atoms with E-state index in [2.05, 4.69) is 10.1 Å². The fourth-order valence-electron chi connectivity index (χ4n) is 1.85. The van der Waals surface area contributed by atoms with Crippen LogP contribution >= 0.6 is 0 Å². The van der Waals surface area contributed by atoms with E-state index < -0.39 is 5.97 Å². The predicted molar refractivity (Wildman–Crippen MR) is 68.8 cm³/mol. The van der Waals surface area contributed by atoms with Crippen molar-refractivity contribution >= 4 is 5.97 Å². The highest BCUT2D eigenvalue weighted by atomic mass is 16.5. The number of imidazole rings is 1. The van der Waals surface area contributed by atoms with Crippen molar-refractivity contribution in [1.82, 2.24) is 14.7 Å². The summed E-state index contributed by atoms with van der Waals surface area (Å²) in [6, 6.07) is 8.32. The van der Waals surface area contributed by atoms with Gasteiger partial charge in [-0.2, -0.15) is 0 Å². The van der Waals surface area contributed by atoms with Gasteiger partial charge >= 0.3 is 11.7 Å². The lowest BCUT2D eigenvalue weighted by molar-refractivity contribution is 0.0652. The van der Waals surface area contributed by atoms with E-state index >= 15 is 0 Å². The number of hydrogen-bond acceptors (Lipinski definition) is 4. The number of benzene rings is 1. The van der Waals surface area contributed by atoms with Crippen molar-refractivity contribution in [3.63, 3.8) is 0 Å². The molecule has 0 aliphatic rings. The zero-order valence-electron chi connectivity index (χ0n) is 10.1. The first-order chi connectivity index (χ1) is 9.65. The van der Waals surface area contributed by atoms with E-state index in [9.17, 15) is 9.59 Å². The van der Waals surface area contributed by atoms with Crippen LogP contribution in [0.15, 0.2) is 52.0 Å². The largest absolute Gasteiger partial charge is 0.475 e. The minimum absolute atomic E-state index is 0.232. The fraction of sp³-hybridized carbons (Fsp3) is 0. The van der Waals surface area contributed by atoms with Crippen molar-refractivity contribution < 1.29 is 14.4 Å². The van der Waals surface area contributed by atoms with E-state index in [1.54, 1.807) is 30.5 Å². The Balaban J connectivity index is 2.05. The smallest absolute Gasteiger partial charge is 0.374 e. The molecule has 2 heterocycles. The monoisotopic (exact) mass is 271 g/mol. The van der Waals surface area contributed by atoms with Gasteiger partial charge in [-0.1, -0.05) is 17.3 Å². The molecule has 0 bridgehead atoms. The quantitative estimate of drug-likeness (QED) is 0.752. The Kier molecular flexibility index (Phi) is 2.72. The number of nitrogens with one attached hydrogen (secondary N) is 1. The van der Waals surface area contributed by atoms with Crippen LogP contribution in [-0.2, 0) is 0 Å². The first kappa shape index (κ1) is 12.0. The molecule has 0 aliphatic carbocycles. The molecule has 0 radical (unpaired) electrons. The molecular weight excluding hydrogens is 262 g/mol. The van der Waals surface area contributed by atoms with Crippen LogP contribution in [0.4, 0.5) is 0 Å². The Bertz CT molecular complexity index is 828. The minimum atomic E-state index is -1.18. The van der Waals surface area contributed by atoms with Crippen LogP contribution in [-0.4, -0.2) is 25.8 Å². The van der Waals surface area contributed by atoms with Gasteiger partial charge in [-0.25, -0.2) is 9.59 Å². The first-order valence-electron chi connectivity index (χ1n) is 5.72. The topological polar surface area (TPSA) is 101 Å². The highest BCUT2D eigenvalue weighted by molar-refractivity contribution is 5.85. The number of carboxylic acids is 1. The molecule has 0 fully saturated rings. The summed E-state index contributed by atoms with van der Waals surface area (Å²) in [5, 5.41) is 12.5. The molecule has 2 N–H and O–H groups in total. The van der Waals surface area contributed by atoms with Gasteiger partial charge in [0.2, 0.25) is 5.76 Å². The Labute approximate surface area is 112 Å². The predicted octanol–water partition coefficient (Wildman–Crippen LogP) is 1.52. The molecule has 1 aromatic carbocycles. The molecule has 2 aromatic heterocycles. The zero-order chi connectivity index (χ0) is 14.1. The highest BCUT2D eigenvalue weighted by Gasteiger charge is 2.12. The maximum absolute atomic E-state index is 11.6. The Hall–Kier alpha value is -3.09. The van der Waals surface area contributed by atoms with E-state index in [1.165, 1.54) is 16.8 Å². The van der Waals surface area contributed by atoms with Gasteiger partial charge in [0, 0.05) is 24.0 Å². The number of hydrogen-bond donors (Lipinski definition) is 2. The minimum Gasteiger partial charge on any atom is -0.475 e. The molecule has 3 rings (SSSR count). The van der Waals surface area contributed by atoms with Crippen LogP contribution in [0.2, 0.25) is 0 Å². The summed E-state index contributed by atoms with van der Waals surface area (Å²) in [6.45, 7) is 0. The Morgan fingerprint density at radius 2 is 2.20 bits per heavy atom. The van der Waals surface area contributed by atoms with Crippen LogP contribution in [0.1, 0.15) is 10.6 Å². The van der Waals surface area contributed by atoms with Crippen LogP contribution in [0.5, 0.6) is 0 Å². The average molecular weight is 271 g/mol. The lowest BCUT2D eigenvalue weighted by atomic mass is 10.1. The van der Waals surface area contributed by atoms with Crippen LogP contribution in [0.25, 0.3) is 16.9 Å². The number of nitrogens with zero attached hydrogens (tertiary/aromatic N) is 2. The van der Waals surface area contributed by atoms with Crippen LogP contribution < -0.4 is 5.69 Å². The van der Waals surface area contributed by atoms with Gasteiger partial charge in [-0.05, 0) is 12.1 Å². The summed E-state index contributed by atoms with van der Waals surface area (Å²) < 4.78 is 6.14. The maximum atomic E-state index is 11.6. The molecule has 0 atom stereocenters. The number of aromatic amines is 1. The van der Waals surface area contributed by atoms with Gasteiger partial charge in [0.25, 0.3) is 0 Å². The fourth-order valence-corrected chi connectivity index (χ4v) is 1.85. The van der Waals surface area contributed by atoms with E-state index in [1.807, 2.05) is 0 Å². The second-order valence-electron chi connectivity index (χ2n) is 4.07. The summed E-state index contributed by atoms with van der Waals surface area (Å²) in [4.78, 5) is 24.9. The van der Waals surface area contributed by atoms with E-state index in [0.717, 1.165) is 0 Å². The lowest BCUT2D eigenvalue weighted by Crippen LogP contribution is -2.13. The van der Waals surface area contributed by atoms with Crippen molar-refractivity contribution in [1.29, 1.82) is 0 Å². The third-order valence-corrected chi connectivity index (χ3v) is 2.79. The standard InChI is InChI=1S/C13H9N3O4/c17-12(18)11-7-10(15-20-11)8-2-1-3-9(6-8)16-5-4-14-13(16)19/h1-7H,(H,14,19)(H,17,18). The van der Waals surface area contributed by atoms with Gasteiger partial charge in [-0.15, -0.1) is 0 Å². The normalized spacial score (nSPS) is 10.6. The van der Waals surface area contributed by atoms with Crippen molar-refractivity contribution in [2.24, 2.45) is 0 Å². The van der Waals surface area contributed by atoms with E-state index in [-0.39, 0.29) is 11.4 Å².